The lowest BCUT2D eigenvalue weighted by Gasteiger charge is -2.19. The molecule has 0 unspecified atom stereocenters. The number of hydrogen-bond donors (Lipinski definition) is 1. The number of rotatable bonds is 7. The van der Waals surface area contributed by atoms with Gasteiger partial charge in [-0.3, -0.25) is 9.59 Å². The van der Waals surface area contributed by atoms with Gasteiger partial charge in [0, 0.05) is 25.4 Å². The van der Waals surface area contributed by atoms with Crippen LogP contribution in [0.25, 0.3) is 0 Å². The van der Waals surface area contributed by atoms with E-state index in [0.29, 0.717) is 18.8 Å². The van der Waals surface area contributed by atoms with Crippen LogP contribution in [0.3, 0.4) is 0 Å². The van der Waals surface area contributed by atoms with Gasteiger partial charge in [0.05, 0.1) is 16.1 Å². The van der Waals surface area contributed by atoms with Gasteiger partial charge >= 0.3 is 0 Å². The van der Waals surface area contributed by atoms with Gasteiger partial charge in [-0.25, -0.2) is 8.42 Å². The van der Waals surface area contributed by atoms with Gasteiger partial charge in [0.2, 0.25) is 15.9 Å². The van der Waals surface area contributed by atoms with Crippen LogP contribution in [0.2, 0.25) is 0 Å². The summed E-state index contributed by atoms with van der Waals surface area (Å²) < 4.78 is 27.5. The van der Waals surface area contributed by atoms with Crippen molar-refractivity contribution in [3.63, 3.8) is 0 Å². The third-order valence-electron chi connectivity index (χ3n) is 3.94. The smallest absolute Gasteiger partial charge is 0.251 e. The molecule has 2 aromatic rings. The summed E-state index contributed by atoms with van der Waals surface area (Å²) >= 11 is 0. The number of pyridine rings is 1. The Kier molecular flexibility index (Phi) is 6.50. The highest BCUT2D eigenvalue weighted by molar-refractivity contribution is 7.89. The molecule has 1 aromatic heterocycles. The molecule has 2 rings (SSSR count). The molecular weight excluding hydrogens is 368 g/mol. The molecule has 1 N–H and O–H groups in total. The molecule has 1 heterocycles. The number of amides is 1. The topological polar surface area (TPSA) is 112 Å². The van der Waals surface area contributed by atoms with Crippen LogP contribution in [0.5, 0.6) is 0 Å². The average Bonchev–Trinajstić information content (AvgIpc) is 2.64. The van der Waals surface area contributed by atoms with Crippen molar-refractivity contribution in [3.8, 4) is 6.07 Å². The Balaban J connectivity index is 2.28. The molecular formula is C18H20N4O4S. The van der Waals surface area contributed by atoms with Crippen molar-refractivity contribution in [1.29, 1.82) is 5.26 Å². The first kappa shape index (κ1) is 20.4. The molecule has 0 saturated heterocycles. The third-order valence-corrected chi connectivity index (χ3v) is 5.97. The molecule has 0 fully saturated rings. The highest BCUT2D eigenvalue weighted by Gasteiger charge is 2.22. The largest absolute Gasteiger partial charge is 0.323 e. The predicted octanol–water partition coefficient (Wildman–Crippen LogP) is 1.39. The van der Waals surface area contributed by atoms with Crippen molar-refractivity contribution < 1.29 is 13.2 Å². The van der Waals surface area contributed by atoms with Crippen molar-refractivity contribution in [2.75, 3.05) is 18.4 Å². The van der Waals surface area contributed by atoms with Gasteiger partial charge in [-0.1, -0.05) is 26.0 Å². The summed E-state index contributed by atoms with van der Waals surface area (Å²) in [5.74, 6) is -0.544. The molecule has 142 valence electrons. The zero-order chi connectivity index (χ0) is 20.0. The summed E-state index contributed by atoms with van der Waals surface area (Å²) in [6.07, 6.45) is 1.16. The fourth-order valence-corrected chi connectivity index (χ4v) is 4.01. The Morgan fingerprint density at radius 1 is 1.19 bits per heavy atom. The van der Waals surface area contributed by atoms with E-state index in [-0.39, 0.29) is 17.0 Å². The van der Waals surface area contributed by atoms with Crippen molar-refractivity contribution in [2.45, 2.75) is 25.3 Å². The second-order valence-corrected chi connectivity index (χ2v) is 7.56. The van der Waals surface area contributed by atoms with Crippen molar-refractivity contribution in [1.82, 2.24) is 8.87 Å². The Bertz CT molecular complexity index is 1030. The van der Waals surface area contributed by atoms with Gasteiger partial charge in [-0.2, -0.15) is 9.57 Å². The molecule has 0 aliphatic heterocycles. The van der Waals surface area contributed by atoms with E-state index in [1.54, 1.807) is 38.1 Å². The van der Waals surface area contributed by atoms with Crippen LogP contribution in [0.1, 0.15) is 19.4 Å². The maximum absolute atomic E-state index is 12.6. The van der Waals surface area contributed by atoms with E-state index in [2.05, 4.69) is 5.32 Å². The first-order chi connectivity index (χ1) is 12.8. The van der Waals surface area contributed by atoms with E-state index in [1.165, 1.54) is 10.4 Å². The zero-order valence-corrected chi connectivity index (χ0v) is 15.9. The summed E-state index contributed by atoms with van der Waals surface area (Å²) in [7, 11) is -3.75. The number of aromatic nitrogens is 1. The van der Waals surface area contributed by atoms with E-state index < -0.39 is 21.5 Å². The van der Waals surface area contributed by atoms with E-state index in [1.807, 2.05) is 6.07 Å². The maximum atomic E-state index is 12.6. The minimum Gasteiger partial charge on any atom is -0.323 e. The van der Waals surface area contributed by atoms with Gasteiger partial charge in [0.25, 0.3) is 5.56 Å². The number of nitriles is 1. The molecule has 1 aromatic carbocycles. The second kappa shape index (κ2) is 8.62. The zero-order valence-electron chi connectivity index (χ0n) is 15.0. The predicted molar refractivity (Wildman–Crippen MR) is 101 cm³/mol. The normalized spacial score (nSPS) is 11.2. The van der Waals surface area contributed by atoms with Crippen LogP contribution >= 0.6 is 0 Å². The average molecular weight is 388 g/mol. The van der Waals surface area contributed by atoms with Gasteiger partial charge in [-0.05, 0) is 18.2 Å². The second-order valence-electron chi connectivity index (χ2n) is 5.63. The number of anilines is 1. The Labute approximate surface area is 157 Å². The molecule has 0 radical (unpaired) electrons. The number of carbonyl (C=O) groups excluding carboxylic acids is 1. The molecule has 0 saturated carbocycles. The Morgan fingerprint density at radius 2 is 1.85 bits per heavy atom. The number of carbonyl (C=O) groups is 1. The number of sulfonamides is 1. The van der Waals surface area contributed by atoms with Crippen LogP contribution in [0.4, 0.5) is 5.69 Å². The minimum atomic E-state index is -3.75. The third kappa shape index (κ3) is 4.61. The fourth-order valence-electron chi connectivity index (χ4n) is 2.53. The first-order valence-electron chi connectivity index (χ1n) is 8.33. The molecule has 0 atom stereocenters. The van der Waals surface area contributed by atoms with E-state index in [0.717, 1.165) is 16.8 Å². The minimum absolute atomic E-state index is 0.0592. The molecule has 0 aliphatic rings. The quantitative estimate of drug-likeness (QED) is 0.770. The number of nitrogens with zero attached hydrogens (tertiary/aromatic N) is 3. The number of benzene rings is 1. The standard InChI is InChI=1S/C18H20N4O4S/c1-3-22(4-2)27(25,26)15-9-10-18(24)21(12-15)13-17(23)20-16-8-6-5-7-14(16)11-19/h5-10,12H,3-4,13H2,1-2H3,(H,20,23). The van der Waals surface area contributed by atoms with E-state index in [4.69, 9.17) is 5.26 Å². The van der Waals surface area contributed by atoms with Crippen molar-refractivity contribution in [2.24, 2.45) is 0 Å². The van der Waals surface area contributed by atoms with Crippen LogP contribution in [0, 0.1) is 11.3 Å². The summed E-state index contributed by atoms with van der Waals surface area (Å²) in [6.45, 7) is 3.65. The fraction of sp³-hybridized carbons (Fsp3) is 0.278. The van der Waals surface area contributed by atoms with Crippen LogP contribution < -0.4 is 10.9 Å². The molecule has 1 amide bonds. The molecule has 9 heteroatoms. The lowest BCUT2D eigenvalue weighted by molar-refractivity contribution is -0.116. The summed E-state index contributed by atoms with van der Waals surface area (Å²) in [4.78, 5) is 24.3. The summed E-state index contributed by atoms with van der Waals surface area (Å²) in [6, 6.07) is 10.8. The molecule has 8 nitrogen and oxygen atoms in total. The van der Waals surface area contributed by atoms with Crippen LogP contribution in [0.15, 0.2) is 52.3 Å². The van der Waals surface area contributed by atoms with E-state index >= 15 is 0 Å². The molecule has 0 spiro atoms. The van der Waals surface area contributed by atoms with Gasteiger partial charge in [-0.15, -0.1) is 0 Å². The Morgan fingerprint density at radius 3 is 2.48 bits per heavy atom. The number of nitrogens with one attached hydrogen (secondary N) is 1. The maximum Gasteiger partial charge on any atom is 0.251 e. The van der Waals surface area contributed by atoms with Gasteiger partial charge < -0.3 is 9.88 Å². The lowest BCUT2D eigenvalue weighted by Crippen LogP contribution is -2.33. The highest BCUT2D eigenvalue weighted by atomic mass is 32.2. The monoisotopic (exact) mass is 388 g/mol. The highest BCUT2D eigenvalue weighted by Crippen LogP contribution is 2.15. The van der Waals surface area contributed by atoms with E-state index in [9.17, 15) is 18.0 Å². The molecule has 0 bridgehead atoms. The van der Waals surface area contributed by atoms with Crippen LogP contribution in [-0.2, 0) is 21.4 Å². The number of hydrogen-bond acceptors (Lipinski definition) is 5. The lowest BCUT2D eigenvalue weighted by atomic mass is 10.2. The summed E-state index contributed by atoms with van der Waals surface area (Å²) in [5.41, 5.74) is 0.109. The number of para-hydroxylation sites is 1. The van der Waals surface area contributed by atoms with Crippen LogP contribution in [-0.4, -0.2) is 36.3 Å². The van der Waals surface area contributed by atoms with Crippen molar-refractivity contribution >= 4 is 21.6 Å². The first-order valence-corrected chi connectivity index (χ1v) is 9.77. The van der Waals surface area contributed by atoms with Crippen molar-refractivity contribution in [3.05, 3.63) is 58.5 Å². The summed E-state index contributed by atoms with van der Waals surface area (Å²) in [5, 5.41) is 11.6. The molecule has 27 heavy (non-hydrogen) atoms. The van der Waals surface area contributed by atoms with Gasteiger partial charge in [0.15, 0.2) is 0 Å². The SMILES string of the molecule is CCN(CC)S(=O)(=O)c1ccc(=O)n(CC(=O)Nc2ccccc2C#N)c1. The molecule has 0 aliphatic carbocycles. The van der Waals surface area contributed by atoms with Gasteiger partial charge in [0.1, 0.15) is 12.6 Å². The Hall–Kier alpha value is -2.96.